The third-order valence-corrected chi connectivity index (χ3v) is 4.25. The Hall–Kier alpha value is -3.53. The molecule has 2 rings (SSSR count). The lowest BCUT2D eigenvalue weighted by Crippen LogP contribution is -2.49. The van der Waals surface area contributed by atoms with E-state index in [1.54, 1.807) is 12.1 Å². The van der Waals surface area contributed by atoms with E-state index in [2.05, 4.69) is 16.0 Å². The Kier molecular flexibility index (Phi) is 7.40. The van der Waals surface area contributed by atoms with Crippen molar-refractivity contribution in [3.63, 3.8) is 0 Å². The smallest absolute Gasteiger partial charge is 0.319 e. The molecule has 0 radical (unpaired) electrons. The number of aromatic hydroxyl groups is 1. The summed E-state index contributed by atoms with van der Waals surface area (Å²) in [6.45, 7) is 4.00. The molecular weight excluding hydrogens is 356 g/mol. The summed E-state index contributed by atoms with van der Waals surface area (Å²) in [5.74, 6) is -0.250. The largest absolute Gasteiger partial charge is 0.508 e. The van der Waals surface area contributed by atoms with Gasteiger partial charge in [-0.1, -0.05) is 30.3 Å². The molecule has 4 N–H and O–H groups in total. The van der Waals surface area contributed by atoms with Gasteiger partial charge in [-0.25, -0.2) is 4.79 Å². The second kappa shape index (κ2) is 9.97. The highest BCUT2D eigenvalue weighted by Gasteiger charge is 2.21. The second-order valence-electron chi connectivity index (χ2n) is 6.49. The van der Waals surface area contributed by atoms with Crippen LogP contribution in [0.3, 0.4) is 0 Å². The van der Waals surface area contributed by atoms with E-state index < -0.39 is 12.1 Å². The summed E-state index contributed by atoms with van der Waals surface area (Å²) in [6, 6.07) is 12.8. The van der Waals surface area contributed by atoms with Crippen molar-refractivity contribution >= 4 is 17.6 Å². The van der Waals surface area contributed by atoms with Crippen molar-refractivity contribution in [2.45, 2.75) is 32.7 Å². The summed E-state index contributed by atoms with van der Waals surface area (Å²) < 4.78 is 0. The van der Waals surface area contributed by atoms with Gasteiger partial charge in [0.1, 0.15) is 11.8 Å². The number of urea groups is 1. The number of rotatable bonds is 7. The second-order valence-corrected chi connectivity index (χ2v) is 6.49. The third kappa shape index (κ3) is 6.02. The minimum atomic E-state index is -0.826. The molecule has 3 amide bonds. The molecule has 0 bridgehead atoms. The van der Waals surface area contributed by atoms with E-state index in [1.165, 1.54) is 12.1 Å². The molecule has 0 saturated carbocycles. The van der Waals surface area contributed by atoms with Gasteiger partial charge in [-0.2, -0.15) is 5.26 Å². The highest BCUT2D eigenvalue weighted by Crippen LogP contribution is 2.19. The van der Waals surface area contributed by atoms with E-state index in [1.807, 2.05) is 38.1 Å². The summed E-state index contributed by atoms with van der Waals surface area (Å²) in [5, 5.41) is 26.2. The molecule has 28 heavy (non-hydrogen) atoms. The molecule has 0 aliphatic heterocycles. The molecule has 0 spiro atoms. The minimum Gasteiger partial charge on any atom is -0.508 e. The first kappa shape index (κ1) is 20.8. The van der Waals surface area contributed by atoms with E-state index in [-0.39, 0.29) is 31.0 Å². The van der Waals surface area contributed by atoms with E-state index in [9.17, 15) is 14.7 Å². The number of benzene rings is 2. The van der Waals surface area contributed by atoms with E-state index in [0.717, 1.165) is 16.7 Å². The van der Waals surface area contributed by atoms with Gasteiger partial charge in [-0.15, -0.1) is 0 Å². The van der Waals surface area contributed by atoms with Crippen LogP contribution < -0.4 is 16.0 Å². The Labute approximate surface area is 164 Å². The van der Waals surface area contributed by atoms with Gasteiger partial charge in [0.05, 0.1) is 12.5 Å². The first-order valence-electron chi connectivity index (χ1n) is 8.97. The van der Waals surface area contributed by atoms with Gasteiger partial charge in [0.25, 0.3) is 0 Å². The number of phenols is 1. The third-order valence-electron chi connectivity index (χ3n) is 4.25. The molecule has 7 heteroatoms. The van der Waals surface area contributed by atoms with Crippen LogP contribution in [0, 0.1) is 25.2 Å². The van der Waals surface area contributed by atoms with Crippen molar-refractivity contribution in [1.82, 2.24) is 10.6 Å². The molecule has 0 fully saturated rings. The molecular formula is C21H24N4O3. The SMILES string of the molecule is Cc1cccc(C)c1NC(=O)NC(Cc1ccc(O)cc1)C(=O)NCCC#N. The molecule has 1 atom stereocenters. The first-order valence-corrected chi connectivity index (χ1v) is 8.97. The highest BCUT2D eigenvalue weighted by atomic mass is 16.3. The molecule has 0 aliphatic carbocycles. The van der Waals surface area contributed by atoms with Crippen LogP contribution in [0.25, 0.3) is 0 Å². The summed E-state index contributed by atoms with van der Waals surface area (Å²) in [5.41, 5.74) is 3.33. The lowest BCUT2D eigenvalue weighted by atomic mass is 10.0. The summed E-state index contributed by atoms with van der Waals surface area (Å²) in [4.78, 5) is 25.0. The number of nitrogens with zero attached hydrogens (tertiary/aromatic N) is 1. The molecule has 0 aliphatic rings. The first-order chi connectivity index (χ1) is 13.4. The molecule has 2 aromatic rings. The molecule has 0 saturated heterocycles. The van der Waals surface area contributed by atoms with Gasteiger partial charge in [-0.05, 0) is 42.7 Å². The van der Waals surface area contributed by atoms with E-state index in [4.69, 9.17) is 5.26 Å². The number of nitriles is 1. The average molecular weight is 380 g/mol. The van der Waals surface area contributed by atoms with Crippen molar-refractivity contribution in [2.75, 3.05) is 11.9 Å². The fraction of sp³-hybridized carbons (Fsp3) is 0.286. The quantitative estimate of drug-likeness (QED) is 0.553. The zero-order valence-corrected chi connectivity index (χ0v) is 16.0. The zero-order valence-electron chi connectivity index (χ0n) is 16.0. The Balaban J connectivity index is 2.11. The fourth-order valence-corrected chi connectivity index (χ4v) is 2.76. The van der Waals surface area contributed by atoms with Crippen LogP contribution in [0.1, 0.15) is 23.1 Å². The maximum absolute atomic E-state index is 12.5. The number of amides is 3. The van der Waals surface area contributed by atoms with E-state index in [0.29, 0.717) is 5.69 Å². The summed E-state index contributed by atoms with van der Waals surface area (Å²) in [6.07, 6.45) is 0.436. The van der Waals surface area contributed by atoms with Crippen molar-refractivity contribution in [3.05, 3.63) is 59.2 Å². The van der Waals surface area contributed by atoms with Crippen LogP contribution in [-0.4, -0.2) is 29.6 Å². The van der Waals surface area contributed by atoms with Crippen LogP contribution in [0.5, 0.6) is 5.75 Å². The van der Waals surface area contributed by atoms with Crippen LogP contribution in [0.2, 0.25) is 0 Å². The normalized spacial score (nSPS) is 11.2. The van der Waals surface area contributed by atoms with Gasteiger partial charge in [0.15, 0.2) is 0 Å². The minimum absolute atomic E-state index is 0.125. The Morgan fingerprint density at radius 2 is 1.75 bits per heavy atom. The molecule has 0 heterocycles. The maximum Gasteiger partial charge on any atom is 0.319 e. The molecule has 0 aromatic heterocycles. The lowest BCUT2D eigenvalue weighted by molar-refractivity contribution is -0.122. The number of aryl methyl sites for hydroxylation is 2. The van der Waals surface area contributed by atoms with Crippen LogP contribution in [0.4, 0.5) is 10.5 Å². The molecule has 1 unspecified atom stereocenters. The Morgan fingerprint density at radius 3 is 2.36 bits per heavy atom. The van der Waals surface area contributed by atoms with Crippen molar-refractivity contribution in [3.8, 4) is 11.8 Å². The number of anilines is 1. The van der Waals surface area contributed by atoms with Gasteiger partial charge in [0.2, 0.25) is 5.91 Å². The van der Waals surface area contributed by atoms with Crippen molar-refractivity contribution < 1.29 is 14.7 Å². The number of carbonyl (C=O) groups excluding carboxylic acids is 2. The Morgan fingerprint density at radius 1 is 1.11 bits per heavy atom. The predicted octanol–water partition coefficient (Wildman–Crippen LogP) is 2.77. The van der Waals surface area contributed by atoms with Crippen LogP contribution in [0.15, 0.2) is 42.5 Å². The van der Waals surface area contributed by atoms with E-state index >= 15 is 0 Å². The summed E-state index contributed by atoms with van der Waals surface area (Å²) in [7, 11) is 0. The molecule has 2 aromatic carbocycles. The Bertz CT molecular complexity index is 852. The summed E-state index contributed by atoms with van der Waals surface area (Å²) >= 11 is 0. The average Bonchev–Trinajstić information content (AvgIpc) is 2.66. The van der Waals surface area contributed by atoms with Gasteiger partial charge in [-0.3, -0.25) is 4.79 Å². The molecule has 146 valence electrons. The standard InChI is InChI=1S/C21H24N4O3/c1-14-5-3-6-15(2)19(14)25-21(28)24-18(20(27)23-12-4-11-22)13-16-7-9-17(26)10-8-16/h3,5-10,18,26H,4,12-13H2,1-2H3,(H,23,27)(H2,24,25,28). The van der Waals surface area contributed by atoms with Gasteiger partial charge >= 0.3 is 6.03 Å². The lowest BCUT2D eigenvalue weighted by Gasteiger charge is -2.20. The van der Waals surface area contributed by atoms with Gasteiger partial charge in [0, 0.05) is 18.7 Å². The molecule has 7 nitrogen and oxygen atoms in total. The highest BCUT2D eigenvalue weighted by molar-refractivity contribution is 5.94. The van der Waals surface area contributed by atoms with Crippen LogP contribution >= 0.6 is 0 Å². The van der Waals surface area contributed by atoms with Crippen molar-refractivity contribution in [1.29, 1.82) is 5.26 Å². The number of nitrogens with one attached hydrogen (secondary N) is 3. The fourth-order valence-electron chi connectivity index (χ4n) is 2.76. The van der Waals surface area contributed by atoms with Crippen molar-refractivity contribution in [2.24, 2.45) is 0 Å². The predicted molar refractivity (Wildman–Crippen MR) is 107 cm³/mol. The maximum atomic E-state index is 12.5. The van der Waals surface area contributed by atoms with Gasteiger partial charge < -0.3 is 21.1 Å². The number of para-hydroxylation sites is 1. The zero-order chi connectivity index (χ0) is 20.5. The topological polar surface area (TPSA) is 114 Å². The monoisotopic (exact) mass is 380 g/mol. The van der Waals surface area contributed by atoms with Crippen LogP contribution in [-0.2, 0) is 11.2 Å². The number of carbonyl (C=O) groups is 2. The number of hydrogen-bond acceptors (Lipinski definition) is 4. The number of phenolic OH excluding ortho intramolecular Hbond substituents is 1. The number of hydrogen-bond donors (Lipinski definition) is 4.